The largest absolute Gasteiger partial charge is 0.379 e. The minimum Gasteiger partial charge on any atom is -0.379 e. The second kappa shape index (κ2) is 19.5. The van der Waals surface area contributed by atoms with Crippen molar-refractivity contribution in [3.05, 3.63) is 71.8 Å². The Kier molecular flexibility index (Phi) is 15.2. The number of Topliss-reactive ketones (excluding diaryl/α,β-unsaturated/α-hetero) is 1. The molecule has 0 aromatic heterocycles. The summed E-state index contributed by atoms with van der Waals surface area (Å²) >= 11 is 0. The summed E-state index contributed by atoms with van der Waals surface area (Å²) in [6, 6.07) is 16.0. The van der Waals surface area contributed by atoms with E-state index in [9.17, 15) is 24.0 Å². The number of carbonyl (C=O) groups excluding carboxylic acids is 5. The molecule has 4 amide bonds. The van der Waals surface area contributed by atoms with Gasteiger partial charge in [0.15, 0.2) is 5.78 Å². The van der Waals surface area contributed by atoms with Crippen LogP contribution in [-0.4, -0.2) is 103 Å². The minimum atomic E-state index is -1.07. The molecule has 2 aromatic carbocycles. The molecule has 12 nitrogen and oxygen atoms in total. The Labute approximate surface area is 307 Å². The Morgan fingerprint density at radius 3 is 2.00 bits per heavy atom. The fourth-order valence-corrected chi connectivity index (χ4v) is 6.10. The summed E-state index contributed by atoms with van der Waals surface area (Å²) in [7, 11) is 0. The first kappa shape index (κ1) is 40.5. The second-order valence-corrected chi connectivity index (χ2v) is 14.8. The van der Waals surface area contributed by atoms with Crippen LogP contribution in [0.25, 0.3) is 0 Å². The Morgan fingerprint density at radius 2 is 1.42 bits per heavy atom. The normalized spacial score (nSPS) is 19.4. The standard InChI is InChI=1S/C40H55N5O7/c1-27(2)22-32(36(47)40(5)26-52-40)42-39(50)34(24-30-14-10-7-11-15-30)44-38(49)33(23-28(3)4)43-37(48)31(17-16-29-12-8-6-9-13-29)41-35(46)25-45-18-20-51-21-19-45/h6-15,27-28,31-32,34H,16-26H2,1-5H3,(H,41,46)(H,42,50)(H,44,49)/b43-33+/t31-,32+,34+,40+/m1/s1. The highest BCUT2D eigenvalue weighted by Gasteiger charge is 2.50. The SMILES string of the molecule is CC(C)C/C(=N\C(=O)[C@@H](CCc1ccccc1)NC(=O)CN1CCOCC1)C(=O)N[C@@H](Cc1ccccc1)C(=O)N[C@@H](CC(C)C)C(=O)[C@]1(C)CO1. The zero-order valence-electron chi connectivity index (χ0n) is 31.2. The average Bonchev–Trinajstić information content (AvgIpc) is 3.87. The topological polar surface area (TPSA) is 159 Å². The summed E-state index contributed by atoms with van der Waals surface area (Å²) in [6.45, 7) is 12.2. The van der Waals surface area contributed by atoms with E-state index >= 15 is 0 Å². The molecule has 52 heavy (non-hydrogen) atoms. The predicted octanol–water partition coefficient (Wildman–Crippen LogP) is 3.07. The molecule has 3 N–H and O–H groups in total. The Hall–Kier alpha value is -4.26. The first-order valence-corrected chi connectivity index (χ1v) is 18.4. The number of aliphatic imine (C=N–C) groups is 1. The molecule has 0 spiro atoms. The van der Waals surface area contributed by atoms with E-state index in [4.69, 9.17) is 9.47 Å². The second-order valence-electron chi connectivity index (χ2n) is 14.8. The van der Waals surface area contributed by atoms with Crippen LogP contribution in [0.1, 0.15) is 65.0 Å². The maximum Gasteiger partial charge on any atom is 0.268 e. The molecule has 0 saturated carbocycles. The molecule has 2 aromatic rings. The third kappa shape index (κ3) is 13.1. The van der Waals surface area contributed by atoms with Crippen LogP contribution in [0.2, 0.25) is 0 Å². The molecule has 0 bridgehead atoms. The van der Waals surface area contributed by atoms with Gasteiger partial charge in [-0.15, -0.1) is 0 Å². The van der Waals surface area contributed by atoms with Gasteiger partial charge >= 0.3 is 0 Å². The smallest absolute Gasteiger partial charge is 0.268 e. The van der Waals surface area contributed by atoms with Gasteiger partial charge < -0.3 is 25.4 Å². The van der Waals surface area contributed by atoms with Crippen LogP contribution >= 0.6 is 0 Å². The van der Waals surface area contributed by atoms with Crippen LogP contribution < -0.4 is 16.0 Å². The number of hydrogen-bond donors (Lipinski definition) is 3. The number of rotatable bonds is 19. The van der Waals surface area contributed by atoms with E-state index < -0.39 is 41.4 Å². The summed E-state index contributed by atoms with van der Waals surface area (Å²) in [5.41, 5.74) is 0.830. The van der Waals surface area contributed by atoms with Gasteiger partial charge in [-0.3, -0.25) is 28.9 Å². The van der Waals surface area contributed by atoms with Crippen molar-refractivity contribution in [1.82, 2.24) is 20.9 Å². The molecular formula is C40H55N5O7. The van der Waals surface area contributed by atoms with E-state index in [1.807, 2.05) is 93.3 Å². The molecule has 0 aliphatic carbocycles. The number of ketones is 1. The van der Waals surface area contributed by atoms with E-state index in [1.165, 1.54) is 0 Å². The molecule has 2 heterocycles. The third-order valence-electron chi connectivity index (χ3n) is 9.12. The summed E-state index contributed by atoms with van der Waals surface area (Å²) in [5.74, 6) is -2.28. The fraction of sp³-hybridized carbons (Fsp3) is 0.550. The third-order valence-corrected chi connectivity index (χ3v) is 9.12. The number of epoxide rings is 1. The molecule has 0 unspecified atom stereocenters. The lowest BCUT2D eigenvalue weighted by molar-refractivity contribution is -0.132. The van der Waals surface area contributed by atoms with Crippen molar-refractivity contribution >= 4 is 35.1 Å². The highest BCUT2D eigenvalue weighted by molar-refractivity contribution is 6.40. The molecule has 12 heteroatoms. The fourth-order valence-electron chi connectivity index (χ4n) is 6.10. The number of aryl methyl sites for hydroxylation is 1. The molecular weight excluding hydrogens is 662 g/mol. The summed E-state index contributed by atoms with van der Waals surface area (Å²) in [5, 5.41) is 8.61. The van der Waals surface area contributed by atoms with Gasteiger partial charge in [-0.2, -0.15) is 0 Å². The van der Waals surface area contributed by atoms with E-state index in [0.29, 0.717) is 45.8 Å². The van der Waals surface area contributed by atoms with Crippen molar-refractivity contribution in [2.24, 2.45) is 16.8 Å². The lowest BCUT2D eigenvalue weighted by atomic mass is 9.93. The lowest BCUT2D eigenvalue weighted by Crippen LogP contribution is -2.55. The summed E-state index contributed by atoms with van der Waals surface area (Å²) in [6.07, 6.45) is 1.51. The summed E-state index contributed by atoms with van der Waals surface area (Å²) in [4.78, 5) is 74.6. The zero-order valence-corrected chi connectivity index (χ0v) is 31.2. The number of benzene rings is 2. The number of nitrogens with one attached hydrogen (secondary N) is 3. The number of amides is 4. The summed E-state index contributed by atoms with van der Waals surface area (Å²) < 4.78 is 10.8. The lowest BCUT2D eigenvalue weighted by Gasteiger charge is -2.26. The maximum atomic E-state index is 14.0. The molecule has 4 atom stereocenters. The van der Waals surface area contributed by atoms with Crippen molar-refractivity contribution in [2.75, 3.05) is 39.5 Å². The van der Waals surface area contributed by atoms with Gasteiger partial charge in [0.05, 0.1) is 32.4 Å². The van der Waals surface area contributed by atoms with Crippen LogP contribution in [-0.2, 0) is 46.3 Å². The van der Waals surface area contributed by atoms with E-state index in [2.05, 4.69) is 20.9 Å². The van der Waals surface area contributed by atoms with Gasteiger partial charge in [0.1, 0.15) is 23.4 Å². The van der Waals surface area contributed by atoms with Gasteiger partial charge in [0.25, 0.3) is 11.8 Å². The Bertz CT molecular complexity index is 1540. The van der Waals surface area contributed by atoms with Gasteiger partial charge in [0, 0.05) is 19.5 Å². The first-order valence-electron chi connectivity index (χ1n) is 18.4. The van der Waals surface area contributed by atoms with E-state index in [0.717, 1.165) is 11.1 Å². The van der Waals surface area contributed by atoms with Crippen molar-refractivity contribution < 1.29 is 33.4 Å². The van der Waals surface area contributed by atoms with Crippen molar-refractivity contribution in [1.29, 1.82) is 0 Å². The van der Waals surface area contributed by atoms with Gasteiger partial charge in [-0.25, -0.2) is 4.99 Å². The molecule has 0 radical (unpaired) electrons. The van der Waals surface area contributed by atoms with Crippen LogP contribution in [0.4, 0.5) is 0 Å². The highest BCUT2D eigenvalue weighted by atomic mass is 16.6. The molecule has 2 aliphatic rings. The minimum absolute atomic E-state index is 0.0355. The predicted molar refractivity (Wildman–Crippen MR) is 199 cm³/mol. The van der Waals surface area contributed by atoms with Crippen LogP contribution in [0.5, 0.6) is 0 Å². The first-order chi connectivity index (χ1) is 24.8. The number of carbonyl (C=O) groups is 5. The monoisotopic (exact) mass is 717 g/mol. The van der Waals surface area contributed by atoms with Crippen molar-refractivity contribution in [3.63, 3.8) is 0 Å². The van der Waals surface area contributed by atoms with Gasteiger partial charge in [-0.05, 0) is 55.6 Å². The average molecular weight is 718 g/mol. The van der Waals surface area contributed by atoms with Crippen LogP contribution in [0.3, 0.4) is 0 Å². The van der Waals surface area contributed by atoms with Crippen molar-refractivity contribution in [2.45, 2.75) is 90.4 Å². The van der Waals surface area contributed by atoms with Gasteiger partial charge in [0.2, 0.25) is 11.8 Å². The highest BCUT2D eigenvalue weighted by Crippen LogP contribution is 2.29. The number of nitrogens with zero attached hydrogens (tertiary/aromatic N) is 2. The Balaban J connectivity index is 1.56. The van der Waals surface area contributed by atoms with Crippen molar-refractivity contribution in [3.8, 4) is 0 Å². The van der Waals surface area contributed by atoms with Crippen LogP contribution in [0.15, 0.2) is 65.7 Å². The van der Waals surface area contributed by atoms with E-state index in [1.54, 1.807) is 6.92 Å². The van der Waals surface area contributed by atoms with E-state index in [-0.39, 0.29) is 55.0 Å². The molecule has 2 fully saturated rings. The number of morpholine rings is 1. The van der Waals surface area contributed by atoms with Crippen LogP contribution in [0, 0.1) is 11.8 Å². The zero-order chi connectivity index (χ0) is 37.7. The molecule has 4 rings (SSSR count). The Morgan fingerprint density at radius 1 is 0.808 bits per heavy atom. The molecule has 2 saturated heterocycles. The molecule has 282 valence electrons. The maximum absolute atomic E-state index is 14.0. The molecule has 2 aliphatic heterocycles. The number of hydrogen-bond acceptors (Lipinski definition) is 8. The number of ether oxygens (including phenoxy) is 2. The van der Waals surface area contributed by atoms with Gasteiger partial charge in [-0.1, -0.05) is 88.4 Å². The quantitative estimate of drug-likeness (QED) is 0.148.